The van der Waals surface area contributed by atoms with Gasteiger partial charge in [0, 0.05) is 26.1 Å². The minimum Gasteiger partial charge on any atom is -0.453 e. The van der Waals surface area contributed by atoms with Crippen LogP contribution in [0, 0.1) is 13.8 Å². The van der Waals surface area contributed by atoms with Crippen molar-refractivity contribution in [2.45, 2.75) is 44.6 Å². The lowest BCUT2D eigenvalue weighted by atomic mass is 10.1. The first-order valence-corrected chi connectivity index (χ1v) is 10.8. The number of carbonyl (C=O) groups is 2. The maximum Gasteiger partial charge on any atom is 0.306 e. The van der Waals surface area contributed by atoms with E-state index in [2.05, 4.69) is 4.72 Å². The normalized spacial score (nSPS) is 15.9. The monoisotopic (exact) mass is 412 g/mol. The van der Waals surface area contributed by atoms with E-state index in [1.807, 2.05) is 13.8 Å². The first-order chi connectivity index (χ1) is 13.2. The molecule has 9 heteroatoms. The second-order valence-corrected chi connectivity index (χ2v) is 8.58. The van der Waals surface area contributed by atoms with Crippen LogP contribution < -0.4 is 4.72 Å². The van der Waals surface area contributed by atoms with Gasteiger partial charge in [0.05, 0.1) is 18.1 Å². The summed E-state index contributed by atoms with van der Waals surface area (Å²) < 4.78 is 37.4. The van der Waals surface area contributed by atoms with E-state index in [0.717, 1.165) is 11.1 Å². The molecule has 28 heavy (non-hydrogen) atoms. The van der Waals surface area contributed by atoms with Gasteiger partial charge in [0.1, 0.15) is 0 Å². The number of hydrogen-bond acceptors (Lipinski definition) is 6. The Balaban J connectivity index is 1.74. The molecule has 0 bridgehead atoms. The summed E-state index contributed by atoms with van der Waals surface area (Å²) in [5.74, 6) is -0.772. The Kier molecular flexibility index (Phi) is 7.97. The van der Waals surface area contributed by atoms with Crippen molar-refractivity contribution in [1.29, 1.82) is 0 Å². The van der Waals surface area contributed by atoms with E-state index in [4.69, 9.17) is 9.47 Å². The van der Waals surface area contributed by atoms with Gasteiger partial charge >= 0.3 is 5.97 Å². The lowest BCUT2D eigenvalue weighted by Crippen LogP contribution is -2.46. The van der Waals surface area contributed by atoms with Gasteiger partial charge in [-0.3, -0.25) is 9.59 Å². The predicted octanol–water partition coefficient (Wildman–Crippen LogP) is 1.15. The Morgan fingerprint density at radius 1 is 1.21 bits per heavy atom. The third kappa shape index (κ3) is 6.29. The lowest BCUT2D eigenvalue weighted by molar-refractivity contribution is -0.160. The predicted molar refractivity (Wildman–Crippen MR) is 103 cm³/mol. The summed E-state index contributed by atoms with van der Waals surface area (Å²) in [7, 11) is -3.62. The molecular formula is C19H28N2O6S. The SMILES string of the molecule is Cc1ccc(S(=O)(=O)NCCCC(=O)OC(C)C(=O)N2CCOCC2)cc1C. The number of rotatable bonds is 8. The van der Waals surface area contributed by atoms with Crippen molar-refractivity contribution in [1.82, 2.24) is 9.62 Å². The number of carbonyl (C=O) groups excluding carboxylic acids is 2. The van der Waals surface area contributed by atoms with Crippen LogP contribution in [0.2, 0.25) is 0 Å². The Morgan fingerprint density at radius 3 is 2.54 bits per heavy atom. The number of esters is 1. The van der Waals surface area contributed by atoms with Crippen LogP contribution in [0.3, 0.4) is 0 Å². The Labute approximate surface area is 166 Å². The molecule has 0 radical (unpaired) electrons. The molecule has 1 heterocycles. The summed E-state index contributed by atoms with van der Waals surface area (Å²) in [5, 5.41) is 0. The topological polar surface area (TPSA) is 102 Å². The van der Waals surface area contributed by atoms with Crippen molar-refractivity contribution < 1.29 is 27.5 Å². The van der Waals surface area contributed by atoms with E-state index >= 15 is 0 Å². The smallest absolute Gasteiger partial charge is 0.306 e. The summed E-state index contributed by atoms with van der Waals surface area (Å²) in [6.07, 6.45) is -0.560. The van der Waals surface area contributed by atoms with E-state index in [9.17, 15) is 18.0 Å². The van der Waals surface area contributed by atoms with Crippen LogP contribution in [0.4, 0.5) is 0 Å². The molecule has 1 aromatic carbocycles. The highest BCUT2D eigenvalue weighted by Gasteiger charge is 2.25. The average Bonchev–Trinajstić information content (AvgIpc) is 2.67. The largest absolute Gasteiger partial charge is 0.453 e. The van der Waals surface area contributed by atoms with E-state index in [1.54, 1.807) is 23.1 Å². The average molecular weight is 413 g/mol. The van der Waals surface area contributed by atoms with Crippen molar-refractivity contribution in [3.05, 3.63) is 29.3 Å². The molecule has 8 nitrogen and oxygen atoms in total. The molecule has 1 unspecified atom stereocenters. The molecule has 1 saturated heterocycles. The fourth-order valence-electron chi connectivity index (χ4n) is 2.75. The summed E-state index contributed by atoms with van der Waals surface area (Å²) in [5.41, 5.74) is 1.91. The van der Waals surface area contributed by atoms with Gasteiger partial charge in [0.2, 0.25) is 10.0 Å². The molecule has 0 aromatic heterocycles. The molecule has 1 aliphatic rings. The third-order valence-corrected chi connectivity index (χ3v) is 6.08. The van der Waals surface area contributed by atoms with Gasteiger partial charge in [-0.1, -0.05) is 6.07 Å². The van der Waals surface area contributed by atoms with Crippen LogP contribution in [0.25, 0.3) is 0 Å². The van der Waals surface area contributed by atoms with E-state index < -0.39 is 22.1 Å². The zero-order chi connectivity index (χ0) is 20.7. The van der Waals surface area contributed by atoms with Gasteiger partial charge in [0.25, 0.3) is 5.91 Å². The first-order valence-electron chi connectivity index (χ1n) is 9.33. The molecule has 0 aliphatic carbocycles. The summed E-state index contributed by atoms with van der Waals surface area (Å²) >= 11 is 0. The third-order valence-electron chi connectivity index (χ3n) is 4.62. The fraction of sp³-hybridized carbons (Fsp3) is 0.579. The molecule has 0 saturated carbocycles. The van der Waals surface area contributed by atoms with E-state index in [0.29, 0.717) is 26.3 Å². The number of nitrogens with zero attached hydrogens (tertiary/aromatic N) is 1. The maximum atomic E-state index is 12.3. The van der Waals surface area contributed by atoms with E-state index in [1.165, 1.54) is 6.92 Å². The highest BCUT2D eigenvalue weighted by molar-refractivity contribution is 7.89. The van der Waals surface area contributed by atoms with Crippen LogP contribution in [-0.2, 0) is 29.1 Å². The number of morpholine rings is 1. The fourth-order valence-corrected chi connectivity index (χ4v) is 3.91. The Bertz CT molecular complexity index is 803. The van der Waals surface area contributed by atoms with Gasteiger partial charge in [-0.05, 0) is 50.5 Å². The Morgan fingerprint density at radius 2 is 1.89 bits per heavy atom. The lowest BCUT2D eigenvalue weighted by Gasteiger charge is -2.28. The highest BCUT2D eigenvalue weighted by Crippen LogP contribution is 2.14. The van der Waals surface area contributed by atoms with Crippen LogP contribution >= 0.6 is 0 Å². The van der Waals surface area contributed by atoms with Gasteiger partial charge in [0.15, 0.2) is 6.10 Å². The zero-order valence-electron chi connectivity index (χ0n) is 16.6. The molecule has 1 aromatic rings. The first kappa shape index (κ1) is 22.3. The van der Waals surface area contributed by atoms with Gasteiger partial charge in [-0.25, -0.2) is 13.1 Å². The second kappa shape index (κ2) is 9.99. The number of hydrogen-bond donors (Lipinski definition) is 1. The zero-order valence-corrected chi connectivity index (χ0v) is 17.4. The van der Waals surface area contributed by atoms with Crippen molar-refractivity contribution in [3.63, 3.8) is 0 Å². The molecule has 156 valence electrons. The summed E-state index contributed by atoms with van der Waals surface area (Å²) in [4.78, 5) is 25.9. The molecule has 1 aliphatic heterocycles. The Hall–Kier alpha value is -1.97. The van der Waals surface area contributed by atoms with Gasteiger partial charge in [-0.2, -0.15) is 0 Å². The molecular weight excluding hydrogens is 384 g/mol. The molecule has 1 fully saturated rings. The quantitative estimate of drug-likeness (QED) is 0.508. The standard InChI is InChI=1S/C19H28N2O6S/c1-14-6-7-17(13-15(14)2)28(24,25)20-8-4-5-18(22)27-16(3)19(23)21-9-11-26-12-10-21/h6-7,13,16,20H,4-5,8-12H2,1-3H3. The number of nitrogens with one attached hydrogen (secondary N) is 1. The van der Waals surface area contributed by atoms with Crippen LogP contribution in [0.15, 0.2) is 23.1 Å². The number of amides is 1. The number of aryl methyl sites for hydroxylation is 2. The number of sulfonamides is 1. The maximum absolute atomic E-state index is 12.3. The minimum absolute atomic E-state index is 0.0240. The van der Waals surface area contributed by atoms with Crippen molar-refractivity contribution in [3.8, 4) is 0 Å². The van der Waals surface area contributed by atoms with Gasteiger partial charge in [-0.15, -0.1) is 0 Å². The molecule has 1 amide bonds. The van der Waals surface area contributed by atoms with Crippen molar-refractivity contribution in [2.75, 3.05) is 32.8 Å². The second-order valence-electron chi connectivity index (χ2n) is 6.82. The molecule has 1 atom stereocenters. The van der Waals surface area contributed by atoms with Crippen molar-refractivity contribution >= 4 is 21.9 Å². The van der Waals surface area contributed by atoms with E-state index in [-0.39, 0.29) is 30.2 Å². The molecule has 0 spiro atoms. The van der Waals surface area contributed by atoms with Gasteiger partial charge < -0.3 is 14.4 Å². The van der Waals surface area contributed by atoms with Crippen LogP contribution in [0.1, 0.15) is 30.9 Å². The van der Waals surface area contributed by atoms with Crippen LogP contribution in [-0.4, -0.2) is 64.1 Å². The summed E-state index contributed by atoms with van der Waals surface area (Å²) in [6, 6.07) is 4.93. The summed E-state index contributed by atoms with van der Waals surface area (Å²) in [6.45, 7) is 7.34. The minimum atomic E-state index is -3.62. The molecule has 1 N–H and O–H groups in total. The van der Waals surface area contributed by atoms with Crippen molar-refractivity contribution in [2.24, 2.45) is 0 Å². The molecule has 2 rings (SSSR count). The number of benzene rings is 1. The highest BCUT2D eigenvalue weighted by atomic mass is 32.2. The van der Waals surface area contributed by atoms with Crippen LogP contribution in [0.5, 0.6) is 0 Å². The number of ether oxygens (including phenoxy) is 2.